The van der Waals surface area contributed by atoms with Crippen LogP contribution >= 0.6 is 27.5 Å². The van der Waals surface area contributed by atoms with Gasteiger partial charge in [-0.2, -0.15) is 5.26 Å². The second-order valence-corrected chi connectivity index (χ2v) is 7.13. The van der Waals surface area contributed by atoms with Crippen molar-refractivity contribution in [3.63, 3.8) is 0 Å². The second kappa shape index (κ2) is 9.79. The second-order valence-electron chi connectivity index (χ2n) is 5.84. The number of nitrogens with one attached hydrogen (secondary N) is 1. The maximum Gasteiger partial charge on any atom is 0.101 e. The first-order chi connectivity index (χ1) is 12.0. The van der Waals surface area contributed by atoms with Crippen molar-refractivity contribution in [2.24, 2.45) is 0 Å². The number of hydrogen-bond acceptors (Lipinski definition) is 4. The largest absolute Gasteiger partial charge is 0.395 e. The molecule has 0 bridgehead atoms. The maximum absolute atomic E-state index is 9.31. The fourth-order valence-electron chi connectivity index (χ4n) is 2.65. The number of hydrogen-bond donors (Lipinski definition) is 2. The van der Waals surface area contributed by atoms with Gasteiger partial charge in [0.25, 0.3) is 0 Å². The molecule has 25 heavy (non-hydrogen) atoms. The number of anilines is 1. The van der Waals surface area contributed by atoms with Crippen LogP contribution in [0.4, 0.5) is 5.69 Å². The zero-order valence-corrected chi connectivity index (χ0v) is 16.4. The summed E-state index contributed by atoms with van der Waals surface area (Å²) in [7, 11) is 0. The lowest BCUT2D eigenvalue weighted by atomic mass is 10.1. The van der Waals surface area contributed by atoms with Crippen molar-refractivity contribution in [1.29, 1.82) is 5.26 Å². The van der Waals surface area contributed by atoms with Gasteiger partial charge in [-0.3, -0.25) is 4.90 Å². The highest BCUT2D eigenvalue weighted by Crippen LogP contribution is 2.27. The van der Waals surface area contributed by atoms with Gasteiger partial charge >= 0.3 is 0 Å². The Morgan fingerprint density at radius 1 is 1.28 bits per heavy atom. The summed E-state index contributed by atoms with van der Waals surface area (Å²) >= 11 is 9.55. The number of aliphatic hydroxyl groups is 1. The zero-order valence-electron chi connectivity index (χ0n) is 14.1. The van der Waals surface area contributed by atoms with E-state index < -0.39 is 0 Å². The molecule has 2 N–H and O–H groups in total. The Labute approximate surface area is 162 Å². The number of rotatable bonds is 8. The summed E-state index contributed by atoms with van der Waals surface area (Å²) in [6.45, 7) is 4.74. The molecule has 2 aromatic rings. The van der Waals surface area contributed by atoms with Gasteiger partial charge in [0.1, 0.15) is 6.07 Å². The van der Waals surface area contributed by atoms with Crippen LogP contribution in [0.2, 0.25) is 5.02 Å². The number of nitrogens with zero attached hydrogens (tertiary/aromatic N) is 2. The average molecular weight is 423 g/mol. The summed E-state index contributed by atoms with van der Waals surface area (Å²) in [5.41, 5.74) is 3.57. The third-order valence-corrected chi connectivity index (χ3v) is 4.66. The van der Waals surface area contributed by atoms with E-state index in [2.05, 4.69) is 32.2 Å². The minimum Gasteiger partial charge on any atom is -0.395 e. The van der Waals surface area contributed by atoms with E-state index in [9.17, 15) is 10.4 Å². The number of halogens is 2. The summed E-state index contributed by atoms with van der Waals surface area (Å²) in [5, 5.41) is 22.7. The van der Waals surface area contributed by atoms with Gasteiger partial charge in [-0.25, -0.2) is 0 Å². The van der Waals surface area contributed by atoms with Gasteiger partial charge in [-0.05, 0) is 58.2 Å². The molecule has 6 heteroatoms. The molecule has 0 amide bonds. The Hall–Kier alpha value is -1.58. The summed E-state index contributed by atoms with van der Waals surface area (Å²) < 4.78 is 0.882. The van der Waals surface area contributed by atoms with Crippen LogP contribution in [-0.2, 0) is 6.54 Å². The minimum atomic E-state index is 0.0955. The van der Waals surface area contributed by atoms with Gasteiger partial charge in [-0.1, -0.05) is 23.7 Å². The summed E-state index contributed by atoms with van der Waals surface area (Å²) in [4.78, 5) is 2.15. The van der Waals surface area contributed by atoms with Gasteiger partial charge in [-0.15, -0.1) is 0 Å². The smallest absolute Gasteiger partial charge is 0.101 e. The van der Waals surface area contributed by atoms with E-state index in [1.54, 1.807) is 0 Å². The fraction of sp³-hybridized carbons (Fsp3) is 0.316. The summed E-state index contributed by atoms with van der Waals surface area (Å²) in [6, 6.07) is 13.8. The Kier molecular flexibility index (Phi) is 7.73. The van der Waals surface area contributed by atoms with Gasteiger partial charge in [0.05, 0.1) is 17.9 Å². The van der Waals surface area contributed by atoms with Crippen molar-refractivity contribution < 1.29 is 5.11 Å². The van der Waals surface area contributed by atoms with E-state index in [1.807, 2.05) is 43.3 Å². The maximum atomic E-state index is 9.31. The predicted molar refractivity (Wildman–Crippen MR) is 106 cm³/mol. The molecule has 0 saturated carbocycles. The molecule has 0 fully saturated rings. The van der Waals surface area contributed by atoms with Gasteiger partial charge in [0.2, 0.25) is 0 Å². The van der Waals surface area contributed by atoms with Gasteiger partial charge in [0.15, 0.2) is 0 Å². The van der Waals surface area contributed by atoms with Crippen molar-refractivity contribution >= 4 is 33.2 Å². The third kappa shape index (κ3) is 6.02. The van der Waals surface area contributed by atoms with Gasteiger partial charge < -0.3 is 10.4 Å². The van der Waals surface area contributed by atoms with Crippen LogP contribution < -0.4 is 5.32 Å². The third-order valence-electron chi connectivity index (χ3n) is 3.80. The Balaban J connectivity index is 1.99. The van der Waals surface area contributed by atoms with Crippen LogP contribution in [0.3, 0.4) is 0 Å². The van der Waals surface area contributed by atoms with E-state index in [-0.39, 0.29) is 6.61 Å². The quantitative estimate of drug-likeness (QED) is 0.670. The molecular formula is C19H21BrClN3O. The highest BCUT2D eigenvalue weighted by atomic mass is 79.9. The van der Waals surface area contributed by atoms with Crippen LogP contribution in [0.5, 0.6) is 0 Å². The topological polar surface area (TPSA) is 59.3 Å². The molecular weight excluding hydrogens is 402 g/mol. The van der Waals surface area contributed by atoms with Crippen LogP contribution in [-0.4, -0.2) is 36.2 Å². The van der Waals surface area contributed by atoms with Gasteiger partial charge in [0, 0.05) is 35.7 Å². The zero-order chi connectivity index (χ0) is 18.2. The molecule has 132 valence electrons. The normalized spacial score (nSPS) is 10.7. The Morgan fingerprint density at radius 2 is 2.08 bits per heavy atom. The molecule has 0 aliphatic heterocycles. The molecule has 0 aliphatic carbocycles. The fourth-order valence-corrected chi connectivity index (χ4v) is 3.58. The van der Waals surface area contributed by atoms with Crippen molar-refractivity contribution in [2.75, 3.05) is 31.6 Å². The highest BCUT2D eigenvalue weighted by Gasteiger charge is 2.10. The number of aliphatic hydroxyl groups excluding tert-OH is 1. The predicted octanol–water partition coefficient (Wildman–Crippen LogP) is 4.19. The Morgan fingerprint density at radius 3 is 2.76 bits per heavy atom. The molecule has 0 spiro atoms. The standard InChI is InChI=1S/C19H21BrClN3O/c1-14-9-16(12-22)19(18(20)10-14)23-5-6-24(7-8-25)13-15-3-2-4-17(21)11-15/h2-4,9-11,23,25H,5-8,13H2,1H3. The van der Waals surface area contributed by atoms with Crippen molar-refractivity contribution in [3.05, 3.63) is 62.6 Å². The lowest BCUT2D eigenvalue weighted by Gasteiger charge is -2.22. The number of aryl methyl sites for hydroxylation is 1. The van der Waals surface area contributed by atoms with Crippen LogP contribution in [0.25, 0.3) is 0 Å². The molecule has 0 atom stereocenters. The molecule has 2 rings (SSSR count). The van der Waals surface area contributed by atoms with Crippen LogP contribution in [0.1, 0.15) is 16.7 Å². The molecule has 0 aromatic heterocycles. The van der Waals surface area contributed by atoms with Crippen LogP contribution in [0.15, 0.2) is 40.9 Å². The first kappa shape index (κ1) is 19.7. The molecule has 0 saturated heterocycles. The van der Waals surface area contributed by atoms with Crippen molar-refractivity contribution in [3.8, 4) is 6.07 Å². The SMILES string of the molecule is Cc1cc(Br)c(NCCN(CCO)Cc2cccc(Cl)c2)c(C#N)c1. The van der Waals surface area contributed by atoms with Crippen molar-refractivity contribution in [2.45, 2.75) is 13.5 Å². The molecule has 0 heterocycles. The highest BCUT2D eigenvalue weighted by molar-refractivity contribution is 9.10. The monoisotopic (exact) mass is 421 g/mol. The lowest BCUT2D eigenvalue weighted by Crippen LogP contribution is -2.31. The van der Waals surface area contributed by atoms with E-state index in [4.69, 9.17) is 11.6 Å². The number of nitriles is 1. The van der Waals surface area contributed by atoms with E-state index >= 15 is 0 Å². The first-order valence-corrected chi connectivity index (χ1v) is 9.22. The van der Waals surface area contributed by atoms with E-state index in [0.29, 0.717) is 30.2 Å². The van der Waals surface area contributed by atoms with E-state index in [0.717, 1.165) is 27.8 Å². The molecule has 0 unspecified atom stereocenters. The van der Waals surface area contributed by atoms with Crippen molar-refractivity contribution in [1.82, 2.24) is 4.90 Å². The summed E-state index contributed by atoms with van der Waals surface area (Å²) in [6.07, 6.45) is 0. The molecule has 4 nitrogen and oxygen atoms in total. The molecule has 0 aliphatic rings. The Bertz CT molecular complexity index is 761. The number of benzene rings is 2. The molecule has 2 aromatic carbocycles. The van der Waals surface area contributed by atoms with Crippen LogP contribution in [0, 0.1) is 18.3 Å². The average Bonchev–Trinajstić information content (AvgIpc) is 2.56. The molecule has 0 radical (unpaired) electrons. The minimum absolute atomic E-state index is 0.0955. The first-order valence-electron chi connectivity index (χ1n) is 8.05. The lowest BCUT2D eigenvalue weighted by molar-refractivity contribution is 0.195. The van der Waals surface area contributed by atoms with E-state index in [1.165, 1.54) is 0 Å². The summed E-state index contributed by atoms with van der Waals surface area (Å²) in [5.74, 6) is 0.